The largest absolute Gasteiger partial charge is 0.508 e. The zero-order valence-corrected chi connectivity index (χ0v) is 13.5. The molecule has 0 bridgehead atoms. The molecule has 1 heterocycles. The molecule has 1 saturated heterocycles. The Hall–Kier alpha value is -1.02. The first-order valence-corrected chi connectivity index (χ1v) is 8.71. The van der Waals surface area contributed by atoms with Crippen LogP contribution in [0.1, 0.15) is 63.1 Å². The van der Waals surface area contributed by atoms with Crippen LogP contribution in [-0.2, 0) is 6.42 Å². The van der Waals surface area contributed by atoms with Gasteiger partial charge < -0.3 is 5.11 Å². The Kier molecular flexibility index (Phi) is 4.54. The van der Waals surface area contributed by atoms with Crippen LogP contribution in [-0.4, -0.2) is 23.1 Å². The average molecular weight is 287 g/mol. The molecule has 1 fully saturated rings. The Morgan fingerprint density at radius 2 is 1.95 bits per heavy atom. The molecule has 1 aromatic rings. The fourth-order valence-corrected chi connectivity index (χ4v) is 4.26. The van der Waals surface area contributed by atoms with Crippen LogP contribution in [0.5, 0.6) is 5.75 Å². The monoisotopic (exact) mass is 287 g/mol. The zero-order chi connectivity index (χ0) is 14.8. The van der Waals surface area contributed by atoms with Crippen molar-refractivity contribution >= 4 is 0 Å². The van der Waals surface area contributed by atoms with Gasteiger partial charge in [-0.1, -0.05) is 19.9 Å². The zero-order valence-electron chi connectivity index (χ0n) is 13.5. The third kappa shape index (κ3) is 3.26. The van der Waals surface area contributed by atoms with E-state index in [-0.39, 0.29) is 0 Å². The highest BCUT2D eigenvalue weighted by Gasteiger charge is 2.28. The maximum Gasteiger partial charge on any atom is 0.115 e. The molecule has 116 valence electrons. The van der Waals surface area contributed by atoms with Gasteiger partial charge in [-0.05, 0) is 86.7 Å². The molecule has 2 nitrogen and oxygen atoms in total. The topological polar surface area (TPSA) is 23.5 Å². The summed E-state index contributed by atoms with van der Waals surface area (Å²) in [5, 5.41) is 9.86. The van der Waals surface area contributed by atoms with E-state index in [2.05, 4.69) is 24.8 Å². The summed E-state index contributed by atoms with van der Waals surface area (Å²) in [6.07, 6.45) is 7.76. The molecule has 0 radical (unpaired) electrons. The molecule has 1 aliphatic carbocycles. The molecule has 1 aromatic carbocycles. The molecule has 1 aliphatic heterocycles. The molecule has 2 unspecified atom stereocenters. The van der Waals surface area contributed by atoms with Gasteiger partial charge in [0.2, 0.25) is 0 Å². The number of hydrogen-bond donors (Lipinski definition) is 1. The molecule has 1 N–H and O–H groups in total. The first kappa shape index (κ1) is 14.9. The SMILES string of the molecule is CC(C)C1CCCN(C2CCCc3ccc(O)cc32)CC1. The number of nitrogens with zero attached hydrogens (tertiary/aromatic N) is 1. The van der Waals surface area contributed by atoms with Gasteiger partial charge in [-0.2, -0.15) is 0 Å². The number of phenols is 1. The standard InChI is InChI=1S/C19H29NO/c1-14(2)15-6-4-11-20(12-10-15)19-7-3-5-16-8-9-17(21)13-18(16)19/h8-9,13-15,19,21H,3-7,10-12H2,1-2H3. The second kappa shape index (κ2) is 6.39. The summed E-state index contributed by atoms with van der Waals surface area (Å²) in [6.45, 7) is 7.19. The number of rotatable bonds is 2. The molecule has 2 heteroatoms. The van der Waals surface area contributed by atoms with Gasteiger partial charge in [0.25, 0.3) is 0 Å². The highest BCUT2D eigenvalue weighted by Crippen LogP contribution is 2.38. The van der Waals surface area contributed by atoms with Crippen molar-refractivity contribution in [2.24, 2.45) is 11.8 Å². The lowest BCUT2D eigenvalue weighted by Gasteiger charge is -2.35. The lowest BCUT2D eigenvalue weighted by Crippen LogP contribution is -2.32. The van der Waals surface area contributed by atoms with Crippen LogP contribution in [0.15, 0.2) is 18.2 Å². The number of benzene rings is 1. The summed E-state index contributed by atoms with van der Waals surface area (Å²) in [7, 11) is 0. The molecule has 0 aromatic heterocycles. The normalized spacial score (nSPS) is 27.4. The number of aryl methyl sites for hydroxylation is 1. The van der Waals surface area contributed by atoms with E-state index in [1.165, 1.54) is 62.7 Å². The minimum absolute atomic E-state index is 0.426. The predicted octanol–water partition coefficient (Wildman–Crippen LogP) is 4.53. The van der Waals surface area contributed by atoms with Crippen molar-refractivity contribution in [3.8, 4) is 5.75 Å². The molecular weight excluding hydrogens is 258 g/mol. The summed E-state index contributed by atoms with van der Waals surface area (Å²) in [4.78, 5) is 2.69. The van der Waals surface area contributed by atoms with Crippen molar-refractivity contribution in [2.45, 2.75) is 58.4 Å². The van der Waals surface area contributed by atoms with Crippen molar-refractivity contribution < 1.29 is 5.11 Å². The summed E-state index contributed by atoms with van der Waals surface area (Å²) >= 11 is 0. The minimum atomic E-state index is 0.426. The Labute approximate surface area is 129 Å². The van der Waals surface area contributed by atoms with Crippen LogP contribution < -0.4 is 0 Å². The fraction of sp³-hybridized carbons (Fsp3) is 0.684. The molecule has 21 heavy (non-hydrogen) atoms. The van der Waals surface area contributed by atoms with Gasteiger partial charge in [-0.15, -0.1) is 0 Å². The Morgan fingerprint density at radius 3 is 2.76 bits per heavy atom. The van der Waals surface area contributed by atoms with E-state index in [9.17, 15) is 5.11 Å². The first-order valence-electron chi connectivity index (χ1n) is 8.71. The van der Waals surface area contributed by atoms with Crippen molar-refractivity contribution in [2.75, 3.05) is 13.1 Å². The van der Waals surface area contributed by atoms with Gasteiger partial charge >= 0.3 is 0 Å². The quantitative estimate of drug-likeness (QED) is 0.864. The second-order valence-corrected chi connectivity index (χ2v) is 7.26. The van der Waals surface area contributed by atoms with E-state index in [4.69, 9.17) is 0 Å². The predicted molar refractivity (Wildman–Crippen MR) is 87.5 cm³/mol. The van der Waals surface area contributed by atoms with Crippen LogP contribution >= 0.6 is 0 Å². The van der Waals surface area contributed by atoms with Crippen molar-refractivity contribution in [3.05, 3.63) is 29.3 Å². The van der Waals surface area contributed by atoms with E-state index < -0.39 is 0 Å². The van der Waals surface area contributed by atoms with Gasteiger partial charge in [0.15, 0.2) is 0 Å². The van der Waals surface area contributed by atoms with Gasteiger partial charge in [-0.25, -0.2) is 0 Å². The fourth-order valence-electron chi connectivity index (χ4n) is 4.26. The first-order chi connectivity index (χ1) is 10.1. The average Bonchev–Trinajstić information content (AvgIpc) is 2.72. The Morgan fingerprint density at radius 1 is 1.10 bits per heavy atom. The molecule has 2 atom stereocenters. The van der Waals surface area contributed by atoms with E-state index >= 15 is 0 Å². The van der Waals surface area contributed by atoms with Crippen LogP contribution in [0.4, 0.5) is 0 Å². The Bertz CT molecular complexity index is 482. The Balaban J connectivity index is 1.77. The van der Waals surface area contributed by atoms with Crippen molar-refractivity contribution in [1.82, 2.24) is 4.90 Å². The highest BCUT2D eigenvalue weighted by molar-refractivity contribution is 5.38. The smallest absolute Gasteiger partial charge is 0.115 e. The molecule has 0 amide bonds. The number of fused-ring (bicyclic) bond motifs is 1. The van der Waals surface area contributed by atoms with Crippen molar-refractivity contribution in [1.29, 1.82) is 0 Å². The third-order valence-electron chi connectivity index (χ3n) is 5.60. The lowest BCUT2D eigenvalue weighted by molar-refractivity contribution is 0.180. The minimum Gasteiger partial charge on any atom is -0.508 e. The molecule has 0 saturated carbocycles. The summed E-state index contributed by atoms with van der Waals surface area (Å²) in [5.41, 5.74) is 2.85. The number of likely N-dealkylation sites (tertiary alicyclic amines) is 1. The van der Waals surface area contributed by atoms with Crippen molar-refractivity contribution in [3.63, 3.8) is 0 Å². The van der Waals surface area contributed by atoms with Gasteiger partial charge in [0.1, 0.15) is 5.75 Å². The second-order valence-electron chi connectivity index (χ2n) is 7.26. The number of phenolic OH excluding ortho intramolecular Hbond substituents is 1. The molecular formula is C19H29NO. The van der Waals surface area contributed by atoms with E-state index in [1.807, 2.05) is 12.1 Å². The van der Waals surface area contributed by atoms with Crippen LogP contribution in [0.2, 0.25) is 0 Å². The van der Waals surface area contributed by atoms with E-state index in [0.717, 1.165) is 11.8 Å². The molecule has 0 spiro atoms. The van der Waals surface area contributed by atoms with Gasteiger partial charge in [0.05, 0.1) is 0 Å². The van der Waals surface area contributed by atoms with E-state index in [1.54, 1.807) is 0 Å². The van der Waals surface area contributed by atoms with Crippen LogP contribution in [0.3, 0.4) is 0 Å². The van der Waals surface area contributed by atoms with Crippen LogP contribution in [0, 0.1) is 11.8 Å². The molecule has 3 rings (SSSR count). The van der Waals surface area contributed by atoms with Gasteiger partial charge in [0, 0.05) is 6.04 Å². The summed E-state index contributed by atoms with van der Waals surface area (Å²) < 4.78 is 0. The third-order valence-corrected chi connectivity index (χ3v) is 5.60. The van der Waals surface area contributed by atoms with E-state index in [0.29, 0.717) is 11.8 Å². The maximum absolute atomic E-state index is 9.86. The number of aromatic hydroxyl groups is 1. The summed E-state index contributed by atoms with van der Waals surface area (Å²) in [6, 6.07) is 6.53. The molecule has 2 aliphatic rings. The maximum atomic E-state index is 9.86. The summed E-state index contributed by atoms with van der Waals surface area (Å²) in [5.74, 6) is 2.13. The van der Waals surface area contributed by atoms with Gasteiger partial charge in [-0.3, -0.25) is 4.90 Å². The van der Waals surface area contributed by atoms with Crippen LogP contribution in [0.25, 0.3) is 0 Å². The highest BCUT2D eigenvalue weighted by atomic mass is 16.3. The number of hydrogen-bond acceptors (Lipinski definition) is 2. The lowest BCUT2D eigenvalue weighted by atomic mass is 9.86.